The van der Waals surface area contributed by atoms with Gasteiger partial charge in [0, 0.05) is 18.8 Å². The second kappa shape index (κ2) is 5.11. The lowest BCUT2D eigenvalue weighted by Crippen LogP contribution is -2.40. The van der Waals surface area contributed by atoms with Crippen molar-refractivity contribution in [2.45, 2.75) is 46.0 Å². The number of esters is 1. The maximum absolute atomic E-state index is 12.1. The zero-order valence-corrected chi connectivity index (χ0v) is 11.0. The number of nitrogens with zero attached hydrogens (tertiary/aromatic N) is 1. The molecule has 1 saturated heterocycles. The fraction of sp³-hybridized carbons (Fsp3) is 0.786. The summed E-state index contributed by atoms with van der Waals surface area (Å²) in [5.74, 6) is -0.0469. The molecule has 17 heavy (non-hydrogen) atoms. The monoisotopic (exact) mass is 237 g/mol. The quantitative estimate of drug-likeness (QED) is 0.707. The minimum absolute atomic E-state index is 0.0469. The van der Waals surface area contributed by atoms with Crippen LogP contribution >= 0.6 is 0 Å². The van der Waals surface area contributed by atoms with E-state index in [0.717, 1.165) is 25.9 Å². The van der Waals surface area contributed by atoms with Gasteiger partial charge in [-0.05, 0) is 46.0 Å². The third kappa shape index (κ3) is 2.33. The van der Waals surface area contributed by atoms with Gasteiger partial charge in [-0.15, -0.1) is 0 Å². The maximum Gasteiger partial charge on any atom is 0.317 e. The van der Waals surface area contributed by atoms with E-state index in [1.807, 2.05) is 13.8 Å². The zero-order valence-electron chi connectivity index (χ0n) is 11.0. The van der Waals surface area contributed by atoms with Crippen LogP contribution in [0.5, 0.6) is 0 Å². The largest absolute Gasteiger partial charge is 0.465 e. The van der Waals surface area contributed by atoms with Crippen LogP contribution in [0.15, 0.2) is 11.8 Å². The predicted molar refractivity (Wildman–Crippen MR) is 67.5 cm³/mol. The van der Waals surface area contributed by atoms with Crippen molar-refractivity contribution in [1.82, 2.24) is 4.90 Å². The van der Waals surface area contributed by atoms with Crippen LogP contribution in [-0.2, 0) is 9.53 Å². The molecule has 1 fully saturated rings. The fourth-order valence-corrected chi connectivity index (χ4v) is 2.96. The van der Waals surface area contributed by atoms with E-state index in [9.17, 15) is 4.79 Å². The Morgan fingerprint density at radius 1 is 1.41 bits per heavy atom. The first-order valence-electron chi connectivity index (χ1n) is 6.81. The number of likely N-dealkylation sites (tertiary alicyclic amines) is 1. The Bertz CT molecular complexity index is 318. The molecule has 1 aliphatic carbocycles. The summed E-state index contributed by atoms with van der Waals surface area (Å²) in [5.41, 5.74) is 0.823. The highest BCUT2D eigenvalue weighted by Crippen LogP contribution is 2.42. The average molecular weight is 237 g/mol. The van der Waals surface area contributed by atoms with Crippen molar-refractivity contribution in [2.24, 2.45) is 5.41 Å². The molecule has 0 aromatic rings. The van der Waals surface area contributed by atoms with Crippen molar-refractivity contribution in [1.29, 1.82) is 0 Å². The van der Waals surface area contributed by atoms with Crippen LogP contribution in [0.25, 0.3) is 0 Å². The van der Waals surface area contributed by atoms with Gasteiger partial charge in [-0.2, -0.15) is 0 Å². The molecule has 0 aromatic carbocycles. The highest BCUT2D eigenvalue weighted by Gasteiger charge is 2.43. The molecule has 0 spiro atoms. The fourth-order valence-electron chi connectivity index (χ4n) is 2.96. The van der Waals surface area contributed by atoms with Crippen LogP contribution in [0.1, 0.15) is 46.0 Å². The first-order chi connectivity index (χ1) is 8.18. The average Bonchev–Trinajstić information content (AvgIpc) is 2.74. The Balaban J connectivity index is 2.12. The van der Waals surface area contributed by atoms with Gasteiger partial charge in [0.2, 0.25) is 0 Å². The van der Waals surface area contributed by atoms with Gasteiger partial charge >= 0.3 is 5.97 Å². The van der Waals surface area contributed by atoms with Gasteiger partial charge in [-0.3, -0.25) is 4.79 Å². The molecule has 0 radical (unpaired) electrons. The molecule has 0 saturated carbocycles. The smallest absolute Gasteiger partial charge is 0.317 e. The zero-order chi connectivity index (χ0) is 12.3. The normalized spacial score (nSPS) is 29.1. The maximum atomic E-state index is 12.1. The summed E-state index contributed by atoms with van der Waals surface area (Å²) in [6.45, 7) is 6.59. The van der Waals surface area contributed by atoms with E-state index in [0.29, 0.717) is 6.61 Å². The molecule has 0 aromatic heterocycles. The Morgan fingerprint density at radius 3 is 2.76 bits per heavy atom. The van der Waals surface area contributed by atoms with Gasteiger partial charge in [0.25, 0.3) is 0 Å². The third-order valence-corrected chi connectivity index (χ3v) is 3.97. The SMILES string of the molecule is CCOC(=O)C1(C)CCC=C1N1CCCCC1. The molecule has 1 heterocycles. The van der Waals surface area contributed by atoms with Crippen LogP contribution in [0, 0.1) is 5.41 Å². The lowest BCUT2D eigenvalue weighted by Gasteiger charge is -2.37. The van der Waals surface area contributed by atoms with Crippen LogP contribution in [0.3, 0.4) is 0 Å². The van der Waals surface area contributed by atoms with Gasteiger partial charge < -0.3 is 9.64 Å². The molecule has 0 amide bonds. The van der Waals surface area contributed by atoms with Crippen LogP contribution in [0.4, 0.5) is 0 Å². The van der Waals surface area contributed by atoms with E-state index in [1.54, 1.807) is 0 Å². The number of hydrogen-bond donors (Lipinski definition) is 0. The number of carbonyl (C=O) groups is 1. The van der Waals surface area contributed by atoms with Crippen molar-refractivity contribution in [3.05, 3.63) is 11.8 Å². The minimum Gasteiger partial charge on any atom is -0.465 e. The molecule has 1 atom stereocenters. The molecular weight excluding hydrogens is 214 g/mol. The van der Waals surface area contributed by atoms with E-state index in [-0.39, 0.29) is 5.97 Å². The topological polar surface area (TPSA) is 29.5 Å². The molecule has 0 N–H and O–H groups in total. The number of rotatable bonds is 3. The third-order valence-electron chi connectivity index (χ3n) is 3.97. The number of piperidine rings is 1. The second-order valence-electron chi connectivity index (χ2n) is 5.23. The Morgan fingerprint density at radius 2 is 2.12 bits per heavy atom. The molecule has 3 heteroatoms. The van der Waals surface area contributed by atoms with Crippen LogP contribution in [0.2, 0.25) is 0 Å². The first kappa shape index (κ1) is 12.5. The molecule has 1 unspecified atom stereocenters. The summed E-state index contributed by atoms with van der Waals surface area (Å²) in [7, 11) is 0. The van der Waals surface area contributed by atoms with Gasteiger partial charge in [0.05, 0.1) is 6.61 Å². The van der Waals surface area contributed by atoms with Crippen LogP contribution in [-0.4, -0.2) is 30.6 Å². The minimum atomic E-state index is -0.395. The molecule has 2 aliphatic rings. The lowest BCUT2D eigenvalue weighted by atomic mass is 9.86. The van der Waals surface area contributed by atoms with E-state index in [4.69, 9.17) is 4.74 Å². The Kier molecular flexibility index (Phi) is 3.75. The molecule has 96 valence electrons. The standard InChI is InChI=1S/C14H23NO2/c1-3-17-13(16)14(2)9-7-8-12(14)15-10-5-4-6-11-15/h8H,3-7,9-11H2,1-2H3. The van der Waals surface area contributed by atoms with Crippen molar-refractivity contribution in [3.63, 3.8) is 0 Å². The summed E-state index contributed by atoms with van der Waals surface area (Å²) in [6.07, 6.45) is 7.95. The van der Waals surface area contributed by atoms with Gasteiger partial charge in [0.15, 0.2) is 0 Å². The van der Waals surface area contributed by atoms with Crippen molar-refractivity contribution >= 4 is 5.97 Å². The predicted octanol–water partition coefficient (Wildman–Crippen LogP) is 2.72. The van der Waals surface area contributed by atoms with Crippen LogP contribution < -0.4 is 0 Å². The highest BCUT2D eigenvalue weighted by atomic mass is 16.5. The number of hydrogen-bond acceptors (Lipinski definition) is 3. The molecule has 0 bridgehead atoms. The Labute approximate surface area is 104 Å². The van der Waals surface area contributed by atoms with Crippen molar-refractivity contribution < 1.29 is 9.53 Å². The number of ether oxygens (including phenoxy) is 1. The molecule has 2 rings (SSSR count). The lowest BCUT2D eigenvalue weighted by molar-refractivity contribution is -0.153. The van der Waals surface area contributed by atoms with E-state index >= 15 is 0 Å². The summed E-state index contributed by atoms with van der Waals surface area (Å²) < 4.78 is 5.24. The number of allylic oxidation sites excluding steroid dienone is 1. The van der Waals surface area contributed by atoms with Gasteiger partial charge in [-0.1, -0.05) is 6.08 Å². The summed E-state index contributed by atoms with van der Waals surface area (Å²) >= 11 is 0. The van der Waals surface area contributed by atoms with E-state index < -0.39 is 5.41 Å². The molecular formula is C14H23NO2. The summed E-state index contributed by atoms with van der Waals surface area (Å²) in [6, 6.07) is 0. The molecule has 1 aliphatic heterocycles. The molecule has 3 nitrogen and oxygen atoms in total. The van der Waals surface area contributed by atoms with Gasteiger partial charge in [-0.25, -0.2) is 0 Å². The van der Waals surface area contributed by atoms with E-state index in [2.05, 4.69) is 11.0 Å². The summed E-state index contributed by atoms with van der Waals surface area (Å²) in [4.78, 5) is 14.5. The van der Waals surface area contributed by atoms with E-state index in [1.165, 1.54) is 25.0 Å². The van der Waals surface area contributed by atoms with Crippen molar-refractivity contribution in [3.8, 4) is 0 Å². The number of carbonyl (C=O) groups excluding carboxylic acids is 1. The van der Waals surface area contributed by atoms with Gasteiger partial charge in [0.1, 0.15) is 5.41 Å². The summed E-state index contributed by atoms with van der Waals surface area (Å²) in [5, 5.41) is 0. The van der Waals surface area contributed by atoms with Crippen molar-refractivity contribution in [2.75, 3.05) is 19.7 Å². The second-order valence-corrected chi connectivity index (χ2v) is 5.23. The Hall–Kier alpha value is -0.990. The highest BCUT2D eigenvalue weighted by molar-refractivity contribution is 5.80. The first-order valence-corrected chi connectivity index (χ1v) is 6.81.